The Morgan fingerprint density at radius 3 is 1.94 bits per heavy atom. The topological polar surface area (TPSA) is 21.7 Å². The Morgan fingerprint density at radius 2 is 1.33 bits per heavy atom. The van der Waals surface area contributed by atoms with Crippen LogP contribution in [0.3, 0.4) is 0 Å². The maximum atomic E-state index is 4.70. The Hall–Kier alpha value is -2.16. The van der Waals surface area contributed by atoms with Gasteiger partial charge in [0.2, 0.25) is 0 Å². The van der Waals surface area contributed by atoms with Crippen molar-refractivity contribution >= 4 is 11.0 Å². The van der Waals surface area contributed by atoms with Gasteiger partial charge < -0.3 is 0 Å². The molecule has 1 aromatic carbocycles. The van der Waals surface area contributed by atoms with E-state index in [4.69, 9.17) is 4.98 Å². The van der Waals surface area contributed by atoms with Crippen LogP contribution in [0.4, 0.5) is 0 Å². The number of pyridine rings is 1. The second kappa shape index (κ2) is 14.2. The van der Waals surface area contributed by atoms with E-state index in [9.17, 15) is 0 Å². The van der Waals surface area contributed by atoms with Gasteiger partial charge in [-0.15, -0.1) is 0 Å². The summed E-state index contributed by atoms with van der Waals surface area (Å²) in [6.07, 6.45) is 21.5. The number of unbranched alkanes of at least 4 members (excludes halogenated alkanes) is 13. The number of hydrogen-bond acceptors (Lipinski definition) is 1. The highest BCUT2D eigenvalue weighted by atomic mass is 15.2. The van der Waals surface area contributed by atoms with Crippen molar-refractivity contribution in [2.45, 2.75) is 110 Å². The van der Waals surface area contributed by atoms with Crippen molar-refractivity contribution in [3.63, 3.8) is 0 Å². The number of benzene rings is 1. The van der Waals surface area contributed by atoms with E-state index >= 15 is 0 Å². The van der Waals surface area contributed by atoms with Gasteiger partial charge in [0.15, 0.2) is 16.7 Å². The Bertz CT molecular complexity index is 956. The summed E-state index contributed by atoms with van der Waals surface area (Å²) in [4.78, 5) is 4.70. The van der Waals surface area contributed by atoms with E-state index in [1.807, 2.05) is 6.20 Å². The summed E-state index contributed by atoms with van der Waals surface area (Å²) in [6, 6.07) is 13.0. The summed E-state index contributed by atoms with van der Waals surface area (Å²) < 4.78 is 4.79. The molecule has 3 heteroatoms. The Morgan fingerprint density at radius 1 is 0.758 bits per heavy atom. The third kappa shape index (κ3) is 7.69. The maximum absolute atomic E-state index is 4.70. The summed E-state index contributed by atoms with van der Waals surface area (Å²) in [6.45, 7) is 5.50. The zero-order valence-corrected chi connectivity index (χ0v) is 21.5. The molecule has 0 N–H and O–H groups in total. The average molecular weight is 449 g/mol. The molecule has 0 radical (unpaired) electrons. The van der Waals surface area contributed by atoms with E-state index in [0.29, 0.717) is 0 Å². The van der Waals surface area contributed by atoms with Gasteiger partial charge in [0.25, 0.3) is 0 Å². The smallest absolute Gasteiger partial charge is 0.248 e. The van der Waals surface area contributed by atoms with E-state index in [1.165, 1.54) is 112 Å². The lowest BCUT2D eigenvalue weighted by Crippen LogP contribution is -2.30. The number of imidazole rings is 1. The largest absolute Gasteiger partial charge is 0.308 e. The molecule has 0 saturated carbocycles. The van der Waals surface area contributed by atoms with Crippen LogP contribution in [-0.2, 0) is 13.6 Å². The van der Waals surface area contributed by atoms with Crippen molar-refractivity contribution in [1.29, 1.82) is 0 Å². The molecule has 0 aliphatic heterocycles. The number of para-hydroxylation sites is 2. The molecule has 0 unspecified atom stereocenters. The first-order valence-electron chi connectivity index (χ1n) is 13.6. The van der Waals surface area contributed by atoms with E-state index in [1.54, 1.807) is 0 Å². The van der Waals surface area contributed by atoms with Crippen LogP contribution in [0.5, 0.6) is 0 Å². The Kier molecular flexibility index (Phi) is 10.9. The van der Waals surface area contributed by atoms with E-state index < -0.39 is 0 Å². The van der Waals surface area contributed by atoms with Crippen LogP contribution >= 0.6 is 0 Å². The van der Waals surface area contributed by atoms with Crippen LogP contribution in [0.25, 0.3) is 22.6 Å². The number of hydrogen-bond donors (Lipinski definition) is 0. The fourth-order valence-electron chi connectivity index (χ4n) is 5.04. The third-order valence-electron chi connectivity index (χ3n) is 6.99. The first kappa shape index (κ1) is 25.5. The molecule has 3 rings (SSSR count). The molecule has 2 aromatic heterocycles. The van der Waals surface area contributed by atoms with Crippen molar-refractivity contribution in [2.75, 3.05) is 0 Å². The lowest BCUT2D eigenvalue weighted by molar-refractivity contribution is -0.634. The van der Waals surface area contributed by atoms with Crippen molar-refractivity contribution in [2.24, 2.45) is 7.05 Å². The van der Waals surface area contributed by atoms with Gasteiger partial charge in [0, 0.05) is 6.20 Å². The first-order chi connectivity index (χ1) is 16.2. The zero-order chi connectivity index (χ0) is 23.3. The molecule has 0 bridgehead atoms. The van der Waals surface area contributed by atoms with Crippen LogP contribution < -0.4 is 4.57 Å². The highest BCUT2D eigenvalue weighted by molar-refractivity contribution is 5.75. The zero-order valence-electron chi connectivity index (χ0n) is 21.5. The fraction of sp³-hybridized carbons (Fsp3) is 0.600. The molecule has 3 nitrogen and oxygen atoms in total. The van der Waals surface area contributed by atoms with Crippen molar-refractivity contribution in [3.05, 3.63) is 48.2 Å². The van der Waals surface area contributed by atoms with Crippen LogP contribution in [0.2, 0.25) is 0 Å². The molecule has 2 heterocycles. The first-order valence-corrected chi connectivity index (χ1v) is 13.6. The molecule has 0 saturated heterocycles. The Balaban J connectivity index is 1.41. The maximum Gasteiger partial charge on any atom is 0.308 e. The molecule has 0 aliphatic carbocycles. The van der Waals surface area contributed by atoms with Gasteiger partial charge in [0.05, 0.1) is 13.6 Å². The molecule has 180 valence electrons. The predicted molar refractivity (Wildman–Crippen MR) is 141 cm³/mol. The van der Waals surface area contributed by atoms with Gasteiger partial charge in [0.1, 0.15) is 0 Å². The summed E-state index contributed by atoms with van der Waals surface area (Å²) in [7, 11) is 2.17. The number of fused-ring (bicyclic) bond motifs is 1. The molecule has 0 aliphatic rings. The quantitative estimate of drug-likeness (QED) is 0.159. The lowest BCUT2D eigenvalue weighted by atomic mass is 10.0. The van der Waals surface area contributed by atoms with E-state index in [0.717, 1.165) is 12.2 Å². The van der Waals surface area contributed by atoms with E-state index in [-0.39, 0.29) is 0 Å². The van der Waals surface area contributed by atoms with Crippen LogP contribution in [0, 0.1) is 6.92 Å². The van der Waals surface area contributed by atoms with Gasteiger partial charge >= 0.3 is 5.82 Å². The molecule has 3 aromatic rings. The van der Waals surface area contributed by atoms with Crippen molar-refractivity contribution in [3.8, 4) is 11.5 Å². The monoisotopic (exact) mass is 448 g/mol. The average Bonchev–Trinajstić information content (AvgIpc) is 3.11. The lowest BCUT2D eigenvalue weighted by Gasteiger charge is -2.05. The second-order valence-electron chi connectivity index (χ2n) is 9.84. The highest BCUT2D eigenvalue weighted by Crippen LogP contribution is 2.23. The molecular weight excluding hydrogens is 402 g/mol. The molecule has 0 atom stereocenters. The van der Waals surface area contributed by atoms with Gasteiger partial charge in [-0.05, 0) is 49.6 Å². The van der Waals surface area contributed by atoms with Gasteiger partial charge in [-0.25, -0.2) is 14.1 Å². The minimum absolute atomic E-state index is 1.06. The minimum atomic E-state index is 1.06. The molecule has 33 heavy (non-hydrogen) atoms. The molecular formula is C30H46N3+. The third-order valence-corrected chi connectivity index (χ3v) is 6.99. The predicted octanol–water partition coefficient (Wildman–Crippen LogP) is 8.32. The van der Waals surface area contributed by atoms with Crippen LogP contribution in [-0.4, -0.2) is 9.55 Å². The summed E-state index contributed by atoms with van der Waals surface area (Å²) >= 11 is 0. The molecule has 0 spiro atoms. The second-order valence-corrected chi connectivity index (χ2v) is 9.84. The molecule has 0 fully saturated rings. The van der Waals surface area contributed by atoms with Crippen molar-refractivity contribution in [1.82, 2.24) is 9.55 Å². The highest BCUT2D eigenvalue weighted by Gasteiger charge is 2.24. The number of nitrogens with zero attached hydrogens (tertiary/aromatic N) is 3. The minimum Gasteiger partial charge on any atom is -0.248 e. The van der Waals surface area contributed by atoms with Gasteiger partial charge in [-0.1, -0.05) is 96.1 Å². The van der Waals surface area contributed by atoms with Gasteiger partial charge in [-0.2, -0.15) is 0 Å². The molecule has 0 amide bonds. The normalized spacial score (nSPS) is 11.5. The van der Waals surface area contributed by atoms with Gasteiger partial charge in [-0.3, -0.25) is 0 Å². The van der Waals surface area contributed by atoms with E-state index in [2.05, 4.69) is 66.4 Å². The summed E-state index contributed by atoms with van der Waals surface area (Å²) in [5, 5.41) is 0. The summed E-state index contributed by atoms with van der Waals surface area (Å²) in [5.74, 6) is 1.22. The SMILES string of the molecule is CCCCCCCCCCCCCCCCn1c(-c2cc(C)ccn2)[n+](C)c2ccccc21. The Labute approximate surface area is 202 Å². The summed E-state index contributed by atoms with van der Waals surface area (Å²) in [5.41, 5.74) is 4.92. The fourth-order valence-corrected chi connectivity index (χ4v) is 5.04. The van der Waals surface area contributed by atoms with Crippen molar-refractivity contribution < 1.29 is 4.57 Å². The number of aromatic nitrogens is 3. The number of rotatable bonds is 16. The number of aryl methyl sites for hydroxylation is 3. The standard InChI is InChI=1S/C30H46N3/c1-4-5-6-7-8-9-10-11-12-13-14-15-16-19-24-33-29-21-18-17-20-28(29)32(3)30(33)27-25-26(2)22-23-31-27/h17-18,20-23,25H,4-16,19,24H2,1-3H3/q+1. The van der Waals surface area contributed by atoms with Crippen LogP contribution in [0.1, 0.15) is 102 Å². The van der Waals surface area contributed by atoms with Crippen LogP contribution in [0.15, 0.2) is 42.6 Å².